The molecule has 19 heavy (non-hydrogen) atoms. The predicted molar refractivity (Wildman–Crippen MR) is 70.8 cm³/mol. The highest BCUT2D eigenvalue weighted by molar-refractivity contribution is 6.33. The van der Waals surface area contributed by atoms with Crippen LogP contribution in [0.1, 0.15) is 0 Å². The lowest BCUT2D eigenvalue weighted by molar-refractivity contribution is 0.628. The van der Waals surface area contributed by atoms with Crippen molar-refractivity contribution in [2.45, 2.75) is 0 Å². The molecule has 0 radical (unpaired) electrons. The van der Waals surface area contributed by atoms with Crippen molar-refractivity contribution in [3.8, 4) is 0 Å². The van der Waals surface area contributed by atoms with Crippen LogP contribution in [0.25, 0.3) is 11.2 Å². The Labute approximate surface area is 111 Å². The van der Waals surface area contributed by atoms with Crippen LogP contribution in [0.4, 0.5) is 21.8 Å². The van der Waals surface area contributed by atoms with Gasteiger partial charge in [0.25, 0.3) is 0 Å². The Morgan fingerprint density at radius 1 is 1.32 bits per heavy atom. The number of hydrogen-bond acceptors (Lipinski definition) is 5. The molecule has 0 fully saturated rings. The van der Waals surface area contributed by atoms with Gasteiger partial charge in [-0.25, -0.2) is 9.37 Å². The molecule has 0 aliphatic heterocycles. The van der Waals surface area contributed by atoms with Crippen molar-refractivity contribution in [1.82, 2.24) is 19.9 Å². The summed E-state index contributed by atoms with van der Waals surface area (Å²) >= 11 is 5.98. The molecule has 0 aliphatic carbocycles. The third-order valence-electron chi connectivity index (χ3n) is 2.48. The minimum Gasteiger partial charge on any atom is -0.368 e. The second kappa shape index (κ2) is 4.36. The van der Waals surface area contributed by atoms with Gasteiger partial charge in [-0.05, 0) is 18.2 Å². The van der Waals surface area contributed by atoms with Crippen LogP contribution in [-0.2, 0) is 0 Å². The van der Waals surface area contributed by atoms with Crippen LogP contribution in [0.5, 0.6) is 0 Å². The predicted octanol–water partition coefficient (Wildman–Crippen LogP) is 2.47. The number of halogens is 2. The molecule has 1 aromatic carbocycles. The first kappa shape index (κ1) is 11.7. The van der Waals surface area contributed by atoms with Gasteiger partial charge in [-0.3, -0.25) is 0 Å². The van der Waals surface area contributed by atoms with Crippen LogP contribution in [0.3, 0.4) is 0 Å². The fourth-order valence-corrected chi connectivity index (χ4v) is 1.83. The van der Waals surface area contributed by atoms with E-state index in [9.17, 15) is 4.39 Å². The lowest BCUT2D eigenvalue weighted by atomic mass is 10.3. The Morgan fingerprint density at radius 2 is 2.16 bits per heavy atom. The van der Waals surface area contributed by atoms with Crippen molar-refractivity contribution in [2.75, 3.05) is 11.1 Å². The van der Waals surface area contributed by atoms with Gasteiger partial charge < -0.3 is 16.0 Å². The Kier molecular flexibility index (Phi) is 2.68. The van der Waals surface area contributed by atoms with E-state index < -0.39 is 5.82 Å². The van der Waals surface area contributed by atoms with Gasteiger partial charge in [-0.2, -0.15) is 9.97 Å². The lowest BCUT2D eigenvalue weighted by Crippen LogP contribution is -2.01. The molecule has 8 heteroatoms. The van der Waals surface area contributed by atoms with Gasteiger partial charge in [-0.15, -0.1) is 0 Å². The normalized spacial score (nSPS) is 10.8. The number of rotatable bonds is 2. The van der Waals surface area contributed by atoms with E-state index in [1.54, 1.807) is 0 Å². The molecule has 3 rings (SSSR count). The Morgan fingerprint density at radius 3 is 3.00 bits per heavy atom. The molecule has 0 atom stereocenters. The van der Waals surface area contributed by atoms with Gasteiger partial charge in [0.15, 0.2) is 11.5 Å². The summed E-state index contributed by atoms with van der Waals surface area (Å²) in [5.74, 6) is 0.0388. The second-order valence-electron chi connectivity index (χ2n) is 3.78. The largest absolute Gasteiger partial charge is 0.368 e. The molecule has 0 amide bonds. The number of H-pyrrole nitrogens is 1. The summed E-state index contributed by atoms with van der Waals surface area (Å²) < 4.78 is 13.2. The van der Waals surface area contributed by atoms with E-state index in [1.165, 1.54) is 24.5 Å². The zero-order valence-corrected chi connectivity index (χ0v) is 10.2. The van der Waals surface area contributed by atoms with Crippen LogP contribution in [-0.4, -0.2) is 19.9 Å². The SMILES string of the molecule is Nc1nc(Nc2cc(F)ccc2Cl)c2[nH]cnc2n1. The minimum atomic E-state index is -0.408. The summed E-state index contributed by atoms with van der Waals surface area (Å²) in [4.78, 5) is 14.9. The molecule has 96 valence electrons. The van der Waals surface area contributed by atoms with Gasteiger partial charge in [-0.1, -0.05) is 11.6 Å². The summed E-state index contributed by atoms with van der Waals surface area (Å²) in [5, 5.41) is 3.28. The molecule has 6 nitrogen and oxygen atoms in total. The van der Waals surface area contributed by atoms with Crippen molar-refractivity contribution in [3.05, 3.63) is 35.4 Å². The van der Waals surface area contributed by atoms with E-state index in [0.29, 0.717) is 27.7 Å². The first-order chi connectivity index (χ1) is 9.13. The van der Waals surface area contributed by atoms with Crippen LogP contribution in [0.2, 0.25) is 5.02 Å². The van der Waals surface area contributed by atoms with Gasteiger partial charge >= 0.3 is 0 Å². The third-order valence-corrected chi connectivity index (χ3v) is 2.81. The number of nitrogens with zero attached hydrogens (tertiary/aromatic N) is 3. The number of nitrogens with one attached hydrogen (secondary N) is 2. The maximum atomic E-state index is 13.2. The van der Waals surface area contributed by atoms with Gasteiger partial charge in [0.2, 0.25) is 5.95 Å². The Bertz CT molecular complexity index is 756. The van der Waals surface area contributed by atoms with E-state index in [0.717, 1.165) is 0 Å². The van der Waals surface area contributed by atoms with E-state index in [1.807, 2.05) is 0 Å². The minimum absolute atomic E-state index is 0.0645. The molecule has 3 aromatic rings. The molecule has 0 bridgehead atoms. The number of imidazole rings is 1. The molecular formula is C11H8ClFN6. The Balaban J connectivity index is 2.10. The van der Waals surface area contributed by atoms with Crippen LogP contribution in [0.15, 0.2) is 24.5 Å². The lowest BCUT2D eigenvalue weighted by Gasteiger charge is -2.08. The summed E-state index contributed by atoms with van der Waals surface area (Å²) in [7, 11) is 0. The number of benzene rings is 1. The van der Waals surface area contributed by atoms with Crippen LogP contribution in [0, 0.1) is 5.82 Å². The third kappa shape index (κ3) is 2.15. The molecule has 2 heterocycles. The summed E-state index contributed by atoms with van der Waals surface area (Å²) in [5.41, 5.74) is 6.95. The monoisotopic (exact) mass is 278 g/mol. The molecule has 2 aromatic heterocycles. The van der Waals surface area contributed by atoms with E-state index in [-0.39, 0.29) is 5.95 Å². The van der Waals surface area contributed by atoms with Crippen molar-refractivity contribution in [1.29, 1.82) is 0 Å². The Hall–Kier alpha value is -2.41. The second-order valence-corrected chi connectivity index (χ2v) is 4.19. The molecule has 0 unspecified atom stereocenters. The number of nitrogen functional groups attached to an aromatic ring is 1. The smallest absolute Gasteiger partial charge is 0.224 e. The van der Waals surface area contributed by atoms with Gasteiger partial charge in [0.05, 0.1) is 17.0 Å². The maximum absolute atomic E-state index is 13.2. The van der Waals surface area contributed by atoms with Crippen molar-refractivity contribution < 1.29 is 4.39 Å². The first-order valence-electron chi connectivity index (χ1n) is 5.32. The summed E-state index contributed by atoms with van der Waals surface area (Å²) in [6, 6.07) is 3.99. The topological polar surface area (TPSA) is 92.5 Å². The highest BCUT2D eigenvalue weighted by atomic mass is 35.5. The van der Waals surface area contributed by atoms with E-state index in [4.69, 9.17) is 17.3 Å². The zero-order chi connectivity index (χ0) is 13.4. The molecule has 0 aliphatic rings. The van der Waals surface area contributed by atoms with E-state index >= 15 is 0 Å². The molecular weight excluding hydrogens is 271 g/mol. The highest BCUT2D eigenvalue weighted by Crippen LogP contribution is 2.28. The quantitative estimate of drug-likeness (QED) is 0.670. The molecule has 0 saturated carbocycles. The van der Waals surface area contributed by atoms with E-state index in [2.05, 4.69) is 25.3 Å². The van der Waals surface area contributed by atoms with Crippen molar-refractivity contribution >= 4 is 40.2 Å². The fraction of sp³-hybridized carbons (Fsp3) is 0. The number of nitrogens with two attached hydrogens (primary N) is 1. The maximum Gasteiger partial charge on any atom is 0.224 e. The number of fused-ring (bicyclic) bond motifs is 1. The molecule has 4 N–H and O–H groups in total. The number of aromatic nitrogens is 4. The average Bonchev–Trinajstić information content (AvgIpc) is 2.82. The van der Waals surface area contributed by atoms with Crippen molar-refractivity contribution in [2.24, 2.45) is 0 Å². The van der Waals surface area contributed by atoms with Gasteiger partial charge in [0.1, 0.15) is 11.3 Å². The summed E-state index contributed by atoms with van der Waals surface area (Å²) in [6.07, 6.45) is 1.47. The average molecular weight is 279 g/mol. The first-order valence-corrected chi connectivity index (χ1v) is 5.70. The van der Waals surface area contributed by atoms with Gasteiger partial charge in [0, 0.05) is 0 Å². The molecule has 0 spiro atoms. The highest BCUT2D eigenvalue weighted by Gasteiger charge is 2.10. The number of anilines is 3. The van der Waals surface area contributed by atoms with Crippen molar-refractivity contribution in [3.63, 3.8) is 0 Å². The standard InChI is InChI=1S/C11H8ClFN6/c12-6-2-1-5(13)3-7(6)17-10-8-9(16-4-15-8)18-11(14)19-10/h1-4H,(H4,14,15,16,17,18,19). The number of aromatic amines is 1. The molecule has 0 saturated heterocycles. The number of hydrogen-bond donors (Lipinski definition) is 3. The van der Waals surface area contributed by atoms with Crippen LogP contribution >= 0.6 is 11.6 Å². The zero-order valence-electron chi connectivity index (χ0n) is 9.48. The summed E-state index contributed by atoms with van der Waals surface area (Å²) in [6.45, 7) is 0. The fourth-order valence-electron chi connectivity index (χ4n) is 1.66. The van der Waals surface area contributed by atoms with Crippen LogP contribution < -0.4 is 11.1 Å².